The molecule has 1 saturated heterocycles. The largest absolute Gasteiger partial charge is 0.393 e. The van der Waals surface area contributed by atoms with Crippen molar-refractivity contribution in [2.75, 3.05) is 40.1 Å². The molecule has 6 N–H and O–H groups in total. The molecule has 5 atom stereocenters. The summed E-state index contributed by atoms with van der Waals surface area (Å²) in [6.45, 7) is 9.50. The Hall–Kier alpha value is -2.84. The van der Waals surface area contributed by atoms with Crippen LogP contribution in [0.3, 0.4) is 0 Å². The van der Waals surface area contributed by atoms with Gasteiger partial charge in [-0.25, -0.2) is 0 Å². The van der Waals surface area contributed by atoms with E-state index < -0.39 is 35.4 Å². The Morgan fingerprint density at radius 1 is 1.00 bits per heavy atom. The number of carbonyl (C=O) groups excluding carboxylic acids is 3. The third kappa shape index (κ3) is 13.8. The first-order valence-corrected chi connectivity index (χ1v) is 20.2. The van der Waals surface area contributed by atoms with Gasteiger partial charge in [0.05, 0.1) is 12.2 Å². The van der Waals surface area contributed by atoms with Crippen LogP contribution >= 0.6 is 12.2 Å². The molecule has 2 aliphatic rings. The van der Waals surface area contributed by atoms with Crippen LogP contribution in [0.5, 0.6) is 0 Å². The molecular weight excluding hydrogens is 695 g/mol. The number of carbonyl (C=O) groups is 3. The number of ether oxygens (including phenoxy) is 3. The van der Waals surface area contributed by atoms with E-state index in [1.807, 2.05) is 62.9 Å². The van der Waals surface area contributed by atoms with Gasteiger partial charge in [0.2, 0.25) is 11.8 Å². The van der Waals surface area contributed by atoms with Crippen LogP contribution < -0.4 is 21.9 Å². The second kappa shape index (κ2) is 23.2. The molecule has 2 unspecified atom stereocenters. The molecule has 53 heavy (non-hydrogen) atoms. The number of amides is 3. The minimum atomic E-state index is -1.58. The smallest absolute Gasteiger partial charge is 0.275 e. The second-order valence-electron chi connectivity index (χ2n) is 15.3. The summed E-state index contributed by atoms with van der Waals surface area (Å²) < 4.78 is 17.3. The Kier molecular flexibility index (Phi) is 19.5. The summed E-state index contributed by atoms with van der Waals surface area (Å²) in [5.41, 5.74) is 10.2. The van der Waals surface area contributed by atoms with Crippen LogP contribution in [-0.4, -0.2) is 85.2 Å². The average Bonchev–Trinajstić information content (AvgIpc) is 3.16. The minimum absolute atomic E-state index is 0.00325. The van der Waals surface area contributed by atoms with Crippen LogP contribution in [-0.2, 0) is 34.2 Å². The maximum atomic E-state index is 14.7. The first-order chi connectivity index (χ1) is 25.4. The van der Waals surface area contributed by atoms with Crippen molar-refractivity contribution in [3.05, 3.63) is 35.9 Å². The van der Waals surface area contributed by atoms with Gasteiger partial charge in [-0.3, -0.25) is 25.2 Å². The number of rotatable bonds is 21. The van der Waals surface area contributed by atoms with Crippen LogP contribution in [0, 0.1) is 29.6 Å². The Labute approximate surface area is 323 Å². The lowest BCUT2D eigenvalue weighted by atomic mass is 9.74. The summed E-state index contributed by atoms with van der Waals surface area (Å²) in [4.78, 5) is 44.1. The van der Waals surface area contributed by atoms with Crippen LogP contribution in [0.1, 0.15) is 110 Å². The van der Waals surface area contributed by atoms with E-state index in [1.165, 1.54) is 32.1 Å². The molecule has 0 radical (unpaired) electrons. The van der Waals surface area contributed by atoms with Crippen LogP contribution in [0.15, 0.2) is 30.3 Å². The van der Waals surface area contributed by atoms with E-state index in [0.29, 0.717) is 69.6 Å². The van der Waals surface area contributed by atoms with Crippen molar-refractivity contribution < 1.29 is 33.7 Å². The lowest BCUT2D eigenvalue weighted by Gasteiger charge is -2.41. The molecule has 0 spiro atoms. The van der Waals surface area contributed by atoms with E-state index >= 15 is 0 Å². The molecule has 13 heteroatoms. The number of benzene rings is 1. The fourth-order valence-corrected chi connectivity index (χ4v) is 8.24. The number of hydrazine groups is 1. The SMILES string of the molecule is CCOC(C(=O)NNC(=O)[C@@H](C[C@@H](O)CCC1CCCCC1)C(C)C)(c1ccccc1)C(CCNC(N)=S)C[C@H](C)C(=O)N1CCC(OCOC)CC1. The summed E-state index contributed by atoms with van der Waals surface area (Å²) in [7, 11) is 1.59. The van der Waals surface area contributed by atoms with E-state index in [1.54, 1.807) is 7.11 Å². The Bertz CT molecular complexity index is 1260. The van der Waals surface area contributed by atoms with Crippen molar-refractivity contribution >= 4 is 35.1 Å². The zero-order valence-electron chi connectivity index (χ0n) is 32.8. The number of nitrogens with zero attached hydrogens (tertiary/aromatic N) is 1. The van der Waals surface area contributed by atoms with Crippen molar-refractivity contribution in [3.8, 4) is 0 Å². The van der Waals surface area contributed by atoms with Crippen molar-refractivity contribution in [2.45, 2.75) is 123 Å². The Morgan fingerprint density at radius 2 is 1.68 bits per heavy atom. The molecule has 1 aliphatic heterocycles. The normalized spacial score (nSPS) is 19.1. The fraction of sp³-hybridized carbons (Fsp3) is 0.750. The Balaban J connectivity index is 1.82. The number of nitrogens with one attached hydrogen (secondary N) is 3. The number of methoxy groups -OCH3 is 1. The first-order valence-electron chi connectivity index (χ1n) is 19.8. The summed E-state index contributed by atoms with van der Waals surface area (Å²) in [6.07, 6.45) is 9.71. The van der Waals surface area contributed by atoms with Crippen LogP contribution in [0.2, 0.25) is 0 Å². The van der Waals surface area contributed by atoms with Gasteiger partial charge in [0.15, 0.2) is 10.7 Å². The number of piperidine rings is 1. The van der Waals surface area contributed by atoms with Gasteiger partial charge in [0, 0.05) is 51.1 Å². The van der Waals surface area contributed by atoms with Crippen LogP contribution in [0.25, 0.3) is 0 Å². The van der Waals surface area contributed by atoms with Gasteiger partial charge >= 0.3 is 0 Å². The van der Waals surface area contributed by atoms with E-state index in [0.717, 1.165) is 6.42 Å². The molecule has 0 bridgehead atoms. The summed E-state index contributed by atoms with van der Waals surface area (Å²) >= 11 is 5.09. The molecule has 12 nitrogen and oxygen atoms in total. The number of aliphatic hydroxyl groups is 1. The van der Waals surface area contributed by atoms with E-state index in [-0.39, 0.29) is 42.3 Å². The maximum Gasteiger partial charge on any atom is 0.275 e. The highest BCUT2D eigenvalue weighted by Gasteiger charge is 2.49. The van der Waals surface area contributed by atoms with Crippen molar-refractivity contribution in [3.63, 3.8) is 0 Å². The number of nitrogens with two attached hydrogens (primary N) is 1. The molecule has 1 aromatic carbocycles. The number of hydrogen-bond donors (Lipinski definition) is 5. The molecule has 3 amide bonds. The average molecular weight is 762 g/mol. The van der Waals surface area contributed by atoms with E-state index in [9.17, 15) is 19.5 Å². The first kappa shape index (κ1) is 44.6. The van der Waals surface area contributed by atoms with Gasteiger partial charge in [-0.2, -0.15) is 0 Å². The van der Waals surface area contributed by atoms with Crippen molar-refractivity contribution in [1.29, 1.82) is 0 Å². The quantitative estimate of drug-likeness (QED) is 0.0660. The zero-order chi connectivity index (χ0) is 38.8. The predicted octanol–water partition coefficient (Wildman–Crippen LogP) is 4.93. The lowest BCUT2D eigenvalue weighted by molar-refractivity contribution is -0.163. The molecular formula is C40H67N5O7S. The maximum absolute atomic E-state index is 14.7. The highest BCUT2D eigenvalue weighted by molar-refractivity contribution is 7.80. The topological polar surface area (TPSA) is 164 Å². The lowest BCUT2D eigenvalue weighted by Crippen LogP contribution is -2.58. The minimum Gasteiger partial charge on any atom is -0.393 e. The predicted molar refractivity (Wildman–Crippen MR) is 210 cm³/mol. The van der Waals surface area contributed by atoms with E-state index in [4.69, 9.17) is 32.2 Å². The highest BCUT2D eigenvalue weighted by Crippen LogP contribution is 2.41. The second-order valence-corrected chi connectivity index (χ2v) is 15.8. The molecule has 300 valence electrons. The van der Waals surface area contributed by atoms with Gasteiger partial charge in [0.25, 0.3) is 5.91 Å². The highest BCUT2D eigenvalue weighted by atomic mass is 32.1. The molecule has 1 heterocycles. The van der Waals surface area contributed by atoms with Crippen molar-refractivity contribution in [2.24, 2.45) is 35.3 Å². The molecule has 1 saturated carbocycles. The number of thiocarbonyl (C=S) groups is 1. The standard InChI is InChI=1S/C40H67N5O7S/c1-6-52-40(31-15-11-8-12-16-31,38(49)44-43-36(47)35(28(2)3)26-33(46)18-17-30-13-9-7-10-14-30)32(19-22-42-39(41)53)25-29(4)37(48)45-23-20-34(21-24-45)51-27-50-5/h8,11-12,15-16,28-30,32-35,46H,6-7,9-10,13-14,17-27H2,1-5H3,(H,43,47)(H,44,49)(H3,41,42,53)/t29-,32?,33-,35-,40?/m0/s1. The monoisotopic (exact) mass is 761 g/mol. The van der Waals surface area contributed by atoms with Gasteiger partial charge in [-0.05, 0) is 81.5 Å². The molecule has 3 rings (SSSR count). The van der Waals surface area contributed by atoms with Gasteiger partial charge in [0.1, 0.15) is 6.79 Å². The van der Waals surface area contributed by atoms with E-state index in [2.05, 4.69) is 16.2 Å². The summed E-state index contributed by atoms with van der Waals surface area (Å²) in [5, 5.41) is 14.1. The molecule has 2 fully saturated rings. The third-order valence-corrected chi connectivity index (χ3v) is 11.3. The molecule has 1 aromatic rings. The number of hydrogen-bond acceptors (Lipinski definition) is 8. The number of aliphatic hydroxyl groups excluding tert-OH is 1. The van der Waals surface area contributed by atoms with Crippen molar-refractivity contribution in [1.82, 2.24) is 21.1 Å². The van der Waals surface area contributed by atoms with Crippen LogP contribution in [0.4, 0.5) is 0 Å². The van der Waals surface area contributed by atoms with Gasteiger partial charge < -0.3 is 35.3 Å². The zero-order valence-corrected chi connectivity index (χ0v) is 33.6. The summed E-state index contributed by atoms with van der Waals surface area (Å²) in [6, 6.07) is 9.21. The van der Waals surface area contributed by atoms with Gasteiger partial charge in [-0.1, -0.05) is 83.2 Å². The molecule has 0 aromatic heterocycles. The van der Waals surface area contributed by atoms with Gasteiger partial charge in [-0.15, -0.1) is 0 Å². The summed E-state index contributed by atoms with van der Waals surface area (Å²) in [5.74, 6) is -1.83. The molecule has 1 aliphatic carbocycles. The third-order valence-electron chi connectivity index (χ3n) is 11.1. The fourth-order valence-electron chi connectivity index (χ4n) is 8.14. The Morgan fingerprint density at radius 3 is 2.28 bits per heavy atom. The number of likely N-dealkylation sites (tertiary alicyclic amines) is 1.